The van der Waals surface area contributed by atoms with E-state index in [4.69, 9.17) is 0 Å². The van der Waals surface area contributed by atoms with Crippen molar-refractivity contribution in [1.29, 1.82) is 0 Å². The van der Waals surface area contributed by atoms with Crippen LogP contribution in [0.2, 0.25) is 0 Å². The molecule has 0 saturated carbocycles. The molecule has 0 spiro atoms. The molecule has 1 aromatic rings. The number of hydrogen-bond donors (Lipinski definition) is 2. The average molecular weight is 355 g/mol. The Morgan fingerprint density at radius 2 is 1.79 bits per heavy atom. The van der Waals surface area contributed by atoms with Gasteiger partial charge in [0.2, 0.25) is 15.9 Å². The summed E-state index contributed by atoms with van der Waals surface area (Å²) in [6.07, 6.45) is 0. The number of nitrogens with one attached hydrogen (secondary N) is 2. The molecule has 0 aromatic heterocycles. The summed E-state index contributed by atoms with van der Waals surface area (Å²) in [6.45, 7) is 7.27. The minimum atomic E-state index is -3.67. The van der Waals surface area contributed by atoms with Crippen molar-refractivity contribution in [2.24, 2.45) is 0 Å². The average Bonchev–Trinajstić information content (AvgIpc) is 2.49. The molecular weight excluding hydrogens is 330 g/mol. The van der Waals surface area contributed by atoms with Gasteiger partial charge in [-0.15, -0.1) is 0 Å². The second-order valence-corrected chi connectivity index (χ2v) is 7.91. The summed E-state index contributed by atoms with van der Waals surface area (Å²) < 4.78 is 26.0. The van der Waals surface area contributed by atoms with Gasteiger partial charge < -0.3 is 10.6 Å². The fourth-order valence-electron chi connectivity index (χ4n) is 2.10. The first-order chi connectivity index (χ1) is 11.0. The van der Waals surface area contributed by atoms with Gasteiger partial charge in [0, 0.05) is 26.2 Å². The zero-order chi connectivity index (χ0) is 18.7. The van der Waals surface area contributed by atoms with Crippen LogP contribution in [0.25, 0.3) is 0 Å². The lowest BCUT2D eigenvalue weighted by atomic mass is 10.1. The Morgan fingerprint density at radius 1 is 1.21 bits per heavy atom. The standard InChI is InChI=1S/C16H25N3O4S/c1-7-17-15(20)12(4)18-16(21)13-8-10(2)11(3)14(9-13)24(22,23)19(5)6/h8-9,12H,7H2,1-6H3,(H,17,20)(H,18,21). The molecule has 0 aliphatic heterocycles. The molecule has 2 amide bonds. The molecule has 134 valence electrons. The molecule has 0 fully saturated rings. The lowest BCUT2D eigenvalue weighted by molar-refractivity contribution is -0.122. The van der Waals surface area contributed by atoms with Crippen molar-refractivity contribution in [1.82, 2.24) is 14.9 Å². The molecule has 0 heterocycles. The fourth-order valence-corrected chi connectivity index (χ4v) is 3.31. The Hall–Kier alpha value is -1.93. The summed E-state index contributed by atoms with van der Waals surface area (Å²) in [5.74, 6) is -0.789. The van der Waals surface area contributed by atoms with Crippen LogP contribution in [-0.2, 0) is 14.8 Å². The van der Waals surface area contributed by atoms with E-state index in [1.165, 1.54) is 20.2 Å². The first kappa shape index (κ1) is 20.1. The number of rotatable bonds is 6. The summed E-state index contributed by atoms with van der Waals surface area (Å²) in [6, 6.07) is 2.24. The van der Waals surface area contributed by atoms with E-state index in [0.717, 1.165) is 4.31 Å². The van der Waals surface area contributed by atoms with Gasteiger partial charge in [0.1, 0.15) is 6.04 Å². The van der Waals surface area contributed by atoms with Crippen LogP contribution < -0.4 is 10.6 Å². The normalized spacial score (nSPS) is 12.8. The number of sulfonamides is 1. The summed E-state index contributed by atoms with van der Waals surface area (Å²) >= 11 is 0. The van der Waals surface area contributed by atoms with Gasteiger partial charge in [-0.25, -0.2) is 12.7 Å². The number of carbonyl (C=O) groups excluding carboxylic acids is 2. The molecule has 8 heteroatoms. The Balaban J connectivity index is 3.21. The number of benzene rings is 1. The van der Waals surface area contributed by atoms with E-state index in [9.17, 15) is 18.0 Å². The quantitative estimate of drug-likeness (QED) is 0.789. The molecule has 1 rings (SSSR count). The Labute approximate surface area is 143 Å². The molecule has 24 heavy (non-hydrogen) atoms. The zero-order valence-electron chi connectivity index (χ0n) is 14.9. The smallest absolute Gasteiger partial charge is 0.251 e. The van der Waals surface area contributed by atoms with Gasteiger partial charge in [0.15, 0.2) is 0 Å². The van der Waals surface area contributed by atoms with Gasteiger partial charge in [-0.05, 0) is 51.0 Å². The van der Waals surface area contributed by atoms with Crippen LogP contribution in [-0.4, -0.2) is 51.2 Å². The highest BCUT2D eigenvalue weighted by Crippen LogP contribution is 2.23. The van der Waals surface area contributed by atoms with Gasteiger partial charge in [0.05, 0.1) is 4.90 Å². The molecule has 0 radical (unpaired) electrons. The van der Waals surface area contributed by atoms with E-state index in [1.54, 1.807) is 33.8 Å². The van der Waals surface area contributed by atoms with E-state index < -0.39 is 22.0 Å². The third-order valence-electron chi connectivity index (χ3n) is 3.73. The van der Waals surface area contributed by atoms with Gasteiger partial charge in [-0.1, -0.05) is 0 Å². The second kappa shape index (κ2) is 7.76. The lowest BCUT2D eigenvalue weighted by Gasteiger charge is -2.18. The van der Waals surface area contributed by atoms with E-state index in [2.05, 4.69) is 10.6 Å². The van der Waals surface area contributed by atoms with Crippen LogP contribution in [0.5, 0.6) is 0 Å². The SMILES string of the molecule is CCNC(=O)C(C)NC(=O)c1cc(C)c(C)c(S(=O)(=O)N(C)C)c1. The van der Waals surface area contributed by atoms with Crippen molar-refractivity contribution in [2.75, 3.05) is 20.6 Å². The summed E-state index contributed by atoms with van der Waals surface area (Å²) in [4.78, 5) is 24.2. The lowest BCUT2D eigenvalue weighted by Crippen LogP contribution is -2.44. The number of likely N-dealkylation sites (N-methyl/N-ethyl adjacent to an activating group) is 1. The molecule has 1 aromatic carbocycles. The van der Waals surface area contributed by atoms with Crippen LogP contribution in [0.1, 0.15) is 35.3 Å². The Morgan fingerprint density at radius 3 is 2.29 bits per heavy atom. The van der Waals surface area contributed by atoms with Crippen molar-refractivity contribution < 1.29 is 18.0 Å². The minimum Gasteiger partial charge on any atom is -0.355 e. The molecule has 7 nitrogen and oxygen atoms in total. The first-order valence-corrected chi connectivity index (χ1v) is 9.08. The van der Waals surface area contributed by atoms with Crippen molar-refractivity contribution in [2.45, 2.75) is 38.6 Å². The maximum absolute atomic E-state index is 12.4. The molecule has 0 bridgehead atoms. The predicted octanol–water partition coefficient (Wildman–Crippen LogP) is 0.808. The number of hydrogen-bond acceptors (Lipinski definition) is 4. The summed E-state index contributed by atoms with van der Waals surface area (Å²) in [7, 11) is -0.788. The third kappa shape index (κ3) is 4.33. The summed E-state index contributed by atoms with van der Waals surface area (Å²) in [5, 5.41) is 5.19. The maximum Gasteiger partial charge on any atom is 0.251 e. The minimum absolute atomic E-state index is 0.0864. The van der Waals surface area contributed by atoms with Crippen molar-refractivity contribution in [3.05, 3.63) is 28.8 Å². The Bertz CT molecular complexity index is 742. The fraction of sp³-hybridized carbons (Fsp3) is 0.500. The van der Waals surface area contributed by atoms with Gasteiger partial charge >= 0.3 is 0 Å². The highest BCUT2D eigenvalue weighted by Gasteiger charge is 2.24. The van der Waals surface area contributed by atoms with Crippen LogP contribution in [0.3, 0.4) is 0 Å². The highest BCUT2D eigenvalue weighted by atomic mass is 32.2. The van der Waals surface area contributed by atoms with Crippen molar-refractivity contribution in [3.8, 4) is 0 Å². The Kier molecular flexibility index (Phi) is 6.50. The van der Waals surface area contributed by atoms with Crippen molar-refractivity contribution in [3.63, 3.8) is 0 Å². The van der Waals surface area contributed by atoms with E-state index in [1.807, 2.05) is 0 Å². The monoisotopic (exact) mass is 355 g/mol. The molecule has 1 atom stereocenters. The number of nitrogens with zero attached hydrogens (tertiary/aromatic N) is 1. The van der Waals surface area contributed by atoms with Gasteiger partial charge in [-0.3, -0.25) is 9.59 Å². The molecule has 0 aliphatic carbocycles. The van der Waals surface area contributed by atoms with Gasteiger partial charge in [-0.2, -0.15) is 0 Å². The second-order valence-electron chi connectivity index (χ2n) is 5.79. The number of aryl methyl sites for hydroxylation is 1. The predicted molar refractivity (Wildman–Crippen MR) is 92.4 cm³/mol. The number of amides is 2. The van der Waals surface area contributed by atoms with Crippen LogP contribution in [0.4, 0.5) is 0 Å². The van der Waals surface area contributed by atoms with Crippen LogP contribution >= 0.6 is 0 Å². The topological polar surface area (TPSA) is 95.6 Å². The molecular formula is C16H25N3O4S. The number of carbonyl (C=O) groups is 2. The van der Waals surface area contributed by atoms with Crippen LogP contribution in [0.15, 0.2) is 17.0 Å². The third-order valence-corrected chi connectivity index (χ3v) is 5.67. The molecule has 1 unspecified atom stereocenters. The van der Waals surface area contributed by atoms with E-state index in [-0.39, 0.29) is 16.4 Å². The van der Waals surface area contributed by atoms with Crippen LogP contribution in [0, 0.1) is 13.8 Å². The van der Waals surface area contributed by atoms with Crippen molar-refractivity contribution >= 4 is 21.8 Å². The summed E-state index contributed by atoms with van der Waals surface area (Å²) in [5.41, 5.74) is 1.49. The van der Waals surface area contributed by atoms with E-state index >= 15 is 0 Å². The zero-order valence-corrected chi connectivity index (χ0v) is 15.7. The van der Waals surface area contributed by atoms with E-state index in [0.29, 0.717) is 17.7 Å². The maximum atomic E-state index is 12.4. The highest BCUT2D eigenvalue weighted by molar-refractivity contribution is 7.89. The first-order valence-electron chi connectivity index (χ1n) is 7.64. The molecule has 0 aliphatic rings. The van der Waals surface area contributed by atoms with Gasteiger partial charge in [0.25, 0.3) is 5.91 Å². The molecule has 2 N–H and O–H groups in total. The largest absolute Gasteiger partial charge is 0.355 e. The molecule has 0 saturated heterocycles.